The van der Waals surface area contributed by atoms with Crippen LogP contribution in [0.3, 0.4) is 0 Å². The van der Waals surface area contributed by atoms with Crippen LogP contribution in [0.15, 0.2) is 58.6 Å². The summed E-state index contributed by atoms with van der Waals surface area (Å²) in [5.41, 5.74) is 3.34. The molecule has 9 heteroatoms. The largest absolute Gasteiger partial charge is 0.508 e. The van der Waals surface area contributed by atoms with Crippen molar-refractivity contribution in [2.24, 2.45) is 10.1 Å². The van der Waals surface area contributed by atoms with Crippen molar-refractivity contribution in [3.05, 3.63) is 59.9 Å². The monoisotopic (exact) mass is 369 g/mol. The van der Waals surface area contributed by atoms with E-state index in [0.29, 0.717) is 0 Å². The van der Waals surface area contributed by atoms with Crippen molar-refractivity contribution in [3.63, 3.8) is 0 Å². The van der Waals surface area contributed by atoms with Crippen molar-refractivity contribution in [3.8, 4) is 5.75 Å². The van der Waals surface area contributed by atoms with Gasteiger partial charge in [0.15, 0.2) is 0 Å². The highest BCUT2D eigenvalue weighted by Gasteiger charge is 2.28. The van der Waals surface area contributed by atoms with Gasteiger partial charge in [-0.2, -0.15) is 5.10 Å². The zero-order chi connectivity index (χ0) is 19.2. The van der Waals surface area contributed by atoms with Crippen LogP contribution in [0, 0.1) is 5.82 Å². The molecule has 1 atom stereocenters. The lowest BCUT2D eigenvalue weighted by Crippen LogP contribution is -2.35. The SMILES string of the molecule is O=C(C[C@H]1N=C(N/N=C\c2ccc(O)cc2)NC1=O)Nc1ccccc1F. The minimum atomic E-state index is -0.928. The fourth-order valence-corrected chi connectivity index (χ4v) is 2.31. The first-order valence-electron chi connectivity index (χ1n) is 8.02. The lowest BCUT2D eigenvalue weighted by molar-refractivity contribution is -0.123. The van der Waals surface area contributed by atoms with Gasteiger partial charge in [-0.15, -0.1) is 0 Å². The van der Waals surface area contributed by atoms with Crippen LogP contribution < -0.4 is 16.1 Å². The van der Waals surface area contributed by atoms with E-state index in [1.807, 2.05) is 0 Å². The molecule has 0 bridgehead atoms. The first kappa shape index (κ1) is 18.1. The Morgan fingerprint density at radius 2 is 2.00 bits per heavy atom. The summed E-state index contributed by atoms with van der Waals surface area (Å²) in [4.78, 5) is 28.0. The molecular formula is C18H16FN5O3. The Hall–Kier alpha value is -3.75. The molecular weight excluding hydrogens is 353 g/mol. The number of hydrazone groups is 1. The first-order valence-corrected chi connectivity index (χ1v) is 8.02. The van der Waals surface area contributed by atoms with E-state index in [0.717, 1.165) is 5.56 Å². The minimum Gasteiger partial charge on any atom is -0.508 e. The molecule has 0 unspecified atom stereocenters. The van der Waals surface area contributed by atoms with Crippen LogP contribution >= 0.6 is 0 Å². The third-order valence-electron chi connectivity index (χ3n) is 3.63. The number of aliphatic imine (C=N–C) groups is 1. The average molecular weight is 369 g/mol. The van der Waals surface area contributed by atoms with Gasteiger partial charge in [0.05, 0.1) is 18.3 Å². The summed E-state index contributed by atoms with van der Waals surface area (Å²) < 4.78 is 13.5. The second-order valence-corrected chi connectivity index (χ2v) is 5.68. The summed E-state index contributed by atoms with van der Waals surface area (Å²) in [5.74, 6) is -1.29. The van der Waals surface area contributed by atoms with Crippen LogP contribution in [0.1, 0.15) is 12.0 Å². The predicted octanol–water partition coefficient (Wildman–Crippen LogP) is 1.34. The standard InChI is InChI=1S/C18H16FN5O3/c19-13-3-1-2-4-14(13)21-16(26)9-15-17(27)23-18(22-15)24-20-10-11-5-7-12(25)8-6-11/h1-8,10,15,25H,9H2,(H,21,26)(H2,22,23,24,27)/b20-10-/t15-/m1/s1. The number of carbonyl (C=O) groups excluding carboxylic acids is 2. The van der Waals surface area contributed by atoms with E-state index in [2.05, 4.69) is 26.2 Å². The van der Waals surface area contributed by atoms with Crippen molar-refractivity contribution < 1.29 is 19.1 Å². The molecule has 4 N–H and O–H groups in total. The van der Waals surface area contributed by atoms with Crippen molar-refractivity contribution in [1.29, 1.82) is 0 Å². The number of guanidine groups is 1. The molecule has 0 aromatic heterocycles. The molecule has 0 saturated heterocycles. The number of hydrogen-bond donors (Lipinski definition) is 4. The third-order valence-corrected chi connectivity index (χ3v) is 3.63. The Balaban J connectivity index is 1.55. The fourth-order valence-electron chi connectivity index (χ4n) is 2.31. The first-order chi connectivity index (χ1) is 13.0. The molecule has 1 aliphatic rings. The molecule has 1 aliphatic heterocycles. The molecule has 0 spiro atoms. The van der Waals surface area contributed by atoms with Crippen LogP contribution in [0.25, 0.3) is 0 Å². The number of halogens is 1. The second kappa shape index (κ2) is 8.09. The Morgan fingerprint density at radius 1 is 1.26 bits per heavy atom. The Kier molecular flexibility index (Phi) is 5.41. The summed E-state index contributed by atoms with van der Waals surface area (Å²) in [6.45, 7) is 0. The molecule has 0 radical (unpaired) electrons. The van der Waals surface area contributed by atoms with Crippen LogP contribution in [0.5, 0.6) is 5.75 Å². The van der Waals surface area contributed by atoms with E-state index in [9.17, 15) is 19.1 Å². The van der Waals surface area contributed by atoms with Crippen molar-refractivity contribution in [1.82, 2.24) is 10.7 Å². The highest BCUT2D eigenvalue weighted by molar-refractivity contribution is 6.07. The molecule has 2 amide bonds. The number of rotatable bonds is 5. The highest BCUT2D eigenvalue weighted by Crippen LogP contribution is 2.14. The number of phenols is 1. The lowest BCUT2D eigenvalue weighted by Gasteiger charge is -2.07. The molecule has 138 valence electrons. The Bertz CT molecular complexity index is 911. The number of anilines is 1. The maximum Gasteiger partial charge on any atom is 0.252 e. The minimum absolute atomic E-state index is 0.0433. The van der Waals surface area contributed by atoms with Gasteiger partial charge in [0.1, 0.15) is 17.6 Å². The normalized spacial score (nSPS) is 16.1. The lowest BCUT2D eigenvalue weighted by atomic mass is 10.2. The zero-order valence-corrected chi connectivity index (χ0v) is 14.0. The van der Waals surface area contributed by atoms with Crippen LogP contribution in [0.4, 0.5) is 10.1 Å². The number of nitrogens with zero attached hydrogens (tertiary/aromatic N) is 2. The Labute approximate surface area is 153 Å². The van der Waals surface area contributed by atoms with E-state index >= 15 is 0 Å². The summed E-state index contributed by atoms with van der Waals surface area (Å²) in [6.07, 6.45) is 1.25. The quantitative estimate of drug-likeness (QED) is 0.470. The van der Waals surface area contributed by atoms with E-state index in [-0.39, 0.29) is 23.8 Å². The van der Waals surface area contributed by atoms with Gasteiger partial charge in [-0.05, 0) is 42.0 Å². The molecule has 3 rings (SSSR count). The number of para-hydroxylation sites is 1. The van der Waals surface area contributed by atoms with Crippen molar-refractivity contribution in [2.75, 3.05) is 5.32 Å². The molecule has 1 heterocycles. The summed E-state index contributed by atoms with van der Waals surface area (Å²) >= 11 is 0. The van der Waals surface area contributed by atoms with E-state index in [1.165, 1.54) is 36.5 Å². The van der Waals surface area contributed by atoms with Gasteiger partial charge < -0.3 is 10.4 Å². The summed E-state index contributed by atoms with van der Waals surface area (Å²) in [7, 11) is 0. The molecule has 8 nitrogen and oxygen atoms in total. The van der Waals surface area contributed by atoms with E-state index < -0.39 is 23.7 Å². The van der Waals surface area contributed by atoms with Crippen LogP contribution in [0.2, 0.25) is 0 Å². The fraction of sp³-hybridized carbons (Fsp3) is 0.111. The maximum absolute atomic E-state index is 13.5. The third kappa shape index (κ3) is 4.88. The molecule has 2 aromatic rings. The number of aromatic hydroxyl groups is 1. The number of nitrogens with one attached hydrogen (secondary N) is 3. The van der Waals surface area contributed by atoms with Crippen LogP contribution in [-0.4, -0.2) is 35.1 Å². The molecule has 0 aliphatic carbocycles. The number of amides is 2. The van der Waals surface area contributed by atoms with Crippen LogP contribution in [-0.2, 0) is 9.59 Å². The maximum atomic E-state index is 13.5. The Morgan fingerprint density at radius 3 is 2.74 bits per heavy atom. The van der Waals surface area contributed by atoms with Crippen molar-refractivity contribution >= 4 is 29.7 Å². The van der Waals surface area contributed by atoms with E-state index in [1.54, 1.807) is 18.2 Å². The predicted molar refractivity (Wildman–Crippen MR) is 97.8 cm³/mol. The van der Waals surface area contributed by atoms with Gasteiger partial charge >= 0.3 is 0 Å². The smallest absolute Gasteiger partial charge is 0.252 e. The zero-order valence-electron chi connectivity index (χ0n) is 14.0. The van der Waals surface area contributed by atoms with Gasteiger partial charge in [0, 0.05) is 0 Å². The summed E-state index contributed by atoms with van der Waals surface area (Å²) in [5, 5.41) is 18.0. The number of carbonyl (C=O) groups is 2. The van der Waals surface area contributed by atoms with Crippen molar-refractivity contribution in [2.45, 2.75) is 12.5 Å². The number of hydrogen-bond acceptors (Lipinski definition) is 6. The van der Waals surface area contributed by atoms with Gasteiger partial charge in [-0.3, -0.25) is 14.9 Å². The average Bonchev–Trinajstić information content (AvgIpc) is 2.98. The molecule has 2 aromatic carbocycles. The van der Waals surface area contributed by atoms with E-state index in [4.69, 9.17) is 0 Å². The van der Waals surface area contributed by atoms with Gasteiger partial charge in [0.25, 0.3) is 5.91 Å². The number of phenolic OH excluding ortho intramolecular Hbond substituents is 1. The summed E-state index contributed by atoms with van der Waals surface area (Å²) in [6, 6.07) is 11.2. The van der Waals surface area contributed by atoms with Gasteiger partial charge in [-0.1, -0.05) is 12.1 Å². The topological polar surface area (TPSA) is 115 Å². The number of benzene rings is 2. The molecule has 0 saturated carbocycles. The molecule has 0 fully saturated rings. The molecule has 27 heavy (non-hydrogen) atoms. The highest BCUT2D eigenvalue weighted by atomic mass is 19.1. The second-order valence-electron chi connectivity index (χ2n) is 5.68. The van der Waals surface area contributed by atoms with Gasteiger partial charge in [0.2, 0.25) is 11.9 Å². The van der Waals surface area contributed by atoms with Gasteiger partial charge in [-0.25, -0.2) is 14.8 Å².